The molecule has 2 nitrogen and oxygen atoms in total. The van der Waals surface area contributed by atoms with E-state index in [0.29, 0.717) is 5.76 Å². The Bertz CT molecular complexity index is 761. The fraction of sp³-hybridized carbons (Fsp3) is 0.0476. The minimum atomic E-state index is -1.43. The Kier molecular flexibility index (Phi) is 5.14. The summed E-state index contributed by atoms with van der Waals surface area (Å²) in [7, 11) is 0.233. The van der Waals surface area contributed by atoms with E-state index < -0.39 is 9.04 Å². The minimum absolute atomic E-state index is 0.633. The third-order valence-corrected chi connectivity index (χ3v) is 5.87. The van der Waals surface area contributed by atoms with E-state index in [4.69, 9.17) is 9.16 Å². The van der Waals surface area contributed by atoms with Crippen LogP contribution in [-0.2, 0) is 4.43 Å². The van der Waals surface area contributed by atoms with E-state index in [9.17, 15) is 0 Å². The number of para-hydroxylation sites is 1. The topological polar surface area (TPSA) is 18.5 Å². The molecule has 0 spiro atoms. The average Bonchev–Trinajstić information content (AvgIpc) is 2.67. The maximum Gasteiger partial charge on any atom is 0.352 e. The summed E-state index contributed by atoms with van der Waals surface area (Å²) in [5.41, 5.74) is 0.884. The summed E-state index contributed by atoms with van der Waals surface area (Å²) in [5, 5.41) is 2.37. The lowest BCUT2D eigenvalue weighted by molar-refractivity contribution is 0.410. The van der Waals surface area contributed by atoms with Crippen LogP contribution in [0.15, 0.2) is 91.5 Å². The van der Waals surface area contributed by atoms with Crippen LogP contribution in [0, 0.1) is 0 Å². The van der Waals surface area contributed by atoms with Gasteiger partial charge < -0.3 is 9.16 Å². The first kappa shape index (κ1) is 16.1. The van der Waals surface area contributed by atoms with Gasteiger partial charge >= 0.3 is 9.04 Å². The monoisotopic (exact) mass is 331 g/mol. The van der Waals surface area contributed by atoms with Crippen LogP contribution < -0.4 is 15.1 Å². The Morgan fingerprint density at radius 3 is 1.79 bits per heavy atom. The maximum atomic E-state index is 6.38. The van der Waals surface area contributed by atoms with Crippen molar-refractivity contribution >= 4 is 25.2 Å². The quantitative estimate of drug-likeness (QED) is 0.508. The number of hydrogen-bond donors (Lipinski definition) is 0. The Hall–Kier alpha value is -2.78. The first-order chi connectivity index (χ1) is 11.8. The highest BCUT2D eigenvalue weighted by Crippen LogP contribution is 2.25. The molecule has 0 N–H and O–H groups in total. The van der Waals surface area contributed by atoms with Crippen LogP contribution in [0.4, 0.5) is 0 Å². The number of ether oxygens (including phenoxy) is 1. The van der Waals surface area contributed by atoms with Crippen molar-refractivity contribution in [3.63, 3.8) is 0 Å². The summed E-state index contributed by atoms with van der Waals surface area (Å²) in [6.45, 7) is 4.15. The molecule has 0 aliphatic carbocycles. The molecule has 0 unspecified atom stereocenters. The van der Waals surface area contributed by atoms with Gasteiger partial charge in [0.15, 0.2) is 0 Å². The van der Waals surface area contributed by atoms with Crippen molar-refractivity contribution in [3.8, 4) is 5.75 Å². The van der Waals surface area contributed by atoms with E-state index in [2.05, 4.69) is 30.8 Å². The summed E-state index contributed by atoms with van der Waals surface area (Å²) < 4.78 is 11.8. The molecular weight excluding hydrogens is 312 g/mol. The molecule has 3 aromatic carbocycles. The van der Waals surface area contributed by atoms with E-state index in [1.54, 1.807) is 7.11 Å². The number of rotatable bonds is 6. The second kappa shape index (κ2) is 7.66. The Balaban J connectivity index is 1.94. The summed E-state index contributed by atoms with van der Waals surface area (Å²) >= 11 is 0. The van der Waals surface area contributed by atoms with E-state index in [0.717, 1.165) is 11.3 Å². The van der Waals surface area contributed by atoms with Gasteiger partial charge in [0.2, 0.25) is 0 Å². The van der Waals surface area contributed by atoms with Crippen LogP contribution in [0.1, 0.15) is 5.56 Å². The van der Waals surface area contributed by atoms with Crippen molar-refractivity contribution in [2.24, 2.45) is 0 Å². The summed E-state index contributed by atoms with van der Waals surface area (Å²) in [6, 6.07) is 28.4. The van der Waals surface area contributed by atoms with Gasteiger partial charge in [-0.05, 0) is 22.5 Å². The predicted molar refractivity (Wildman–Crippen MR) is 101 cm³/mol. The van der Waals surface area contributed by atoms with Crippen molar-refractivity contribution in [3.05, 3.63) is 97.1 Å². The van der Waals surface area contributed by atoms with E-state index in [-0.39, 0.29) is 0 Å². The highest BCUT2D eigenvalue weighted by molar-refractivity contribution is 6.80. The Morgan fingerprint density at radius 1 is 0.750 bits per heavy atom. The Labute approximate surface area is 144 Å². The zero-order chi connectivity index (χ0) is 16.8. The number of methoxy groups -OCH3 is 1. The van der Waals surface area contributed by atoms with Crippen molar-refractivity contribution in [2.45, 2.75) is 0 Å². The average molecular weight is 331 g/mol. The SMILES string of the molecule is C=C(O[Si](c1ccccc1)c1ccccc1)c1ccccc1OC. The molecule has 0 fully saturated rings. The lowest BCUT2D eigenvalue weighted by Gasteiger charge is -2.20. The fourth-order valence-corrected chi connectivity index (χ4v) is 4.43. The van der Waals surface area contributed by atoms with Gasteiger partial charge in [-0.2, -0.15) is 0 Å². The summed E-state index contributed by atoms with van der Waals surface area (Å²) in [5.74, 6) is 1.40. The fourth-order valence-electron chi connectivity index (χ4n) is 2.52. The molecule has 0 heterocycles. The molecule has 0 bridgehead atoms. The lowest BCUT2D eigenvalue weighted by Crippen LogP contribution is -2.44. The molecule has 0 saturated carbocycles. The minimum Gasteiger partial charge on any atom is -0.532 e. The van der Waals surface area contributed by atoms with Crippen molar-refractivity contribution in [1.29, 1.82) is 0 Å². The molecule has 1 radical (unpaired) electrons. The Morgan fingerprint density at radius 2 is 1.25 bits per heavy atom. The van der Waals surface area contributed by atoms with Crippen LogP contribution >= 0.6 is 0 Å². The van der Waals surface area contributed by atoms with Crippen molar-refractivity contribution in [1.82, 2.24) is 0 Å². The van der Waals surface area contributed by atoms with Crippen LogP contribution in [0.3, 0.4) is 0 Å². The zero-order valence-electron chi connectivity index (χ0n) is 13.6. The molecule has 0 aromatic heterocycles. The molecule has 3 heteroatoms. The van der Waals surface area contributed by atoms with Gasteiger partial charge in [0.05, 0.1) is 12.7 Å². The first-order valence-corrected chi connectivity index (χ1v) is 9.18. The highest BCUT2D eigenvalue weighted by Gasteiger charge is 2.22. The molecule has 3 aromatic rings. The second-order valence-electron chi connectivity index (χ2n) is 5.29. The predicted octanol–water partition coefficient (Wildman–Crippen LogP) is 3.49. The highest BCUT2D eigenvalue weighted by atomic mass is 28.3. The van der Waals surface area contributed by atoms with Gasteiger partial charge in [-0.15, -0.1) is 0 Å². The molecule has 24 heavy (non-hydrogen) atoms. The molecular formula is C21H19O2Si. The van der Waals surface area contributed by atoms with Crippen molar-refractivity contribution < 1.29 is 9.16 Å². The van der Waals surface area contributed by atoms with E-state index in [1.165, 1.54) is 10.4 Å². The van der Waals surface area contributed by atoms with E-state index in [1.807, 2.05) is 60.7 Å². The molecule has 0 aliphatic rings. The van der Waals surface area contributed by atoms with Crippen molar-refractivity contribution in [2.75, 3.05) is 7.11 Å². The maximum absolute atomic E-state index is 6.38. The molecule has 0 atom stereocenters. The smallest absolute Gasteiger partial charge is 0.352 e. The van der Waals surface area contributed by atoms with Gasteiger partial charge in [-0.1, -0.05) is 79.4 Å². The van der Waals surface area contributed by atoms with Gasteiger partial charge in [-0.25, -0.2) is 0 Å². The molecule has 119 valence electrons. The van der Waals surface area contributed by atoms with Crippen LogP contribution in [0.5, 0.6) is 5.75 Å². The number of benzene rings is 3. The third kappa shape index (κ3) is 3.58. The van der Waals surface area contributed by atoms with Gasteiger partial charge in [0.25, 0.3) is 0 Å². The van der Waals surface area contributed by atoms with Crippen LogP contribution in [-0.4, -0.2) is 16.2 Å². The van der Waals surface area contributed by atoms with E-state index >= 15 is 0 Å². The molecule has 3 rings (SSSR count). The molecule has 0 saturated heterocycles. The number of hydrogen-bond acceptors (Lipinski definition) is 2. The van der Waals surface area contributed by atoms with Gasteiger partial charge in [0.1, 0.15) is 11.5 Å². The zero-order valence-corrected chi connectivity index (χ0v) is 14.6. The summed E-state index contributed by atoms with van der Waals surface area (Å²) in [6.07, 6.45) is 0. The standard InChI is InChI=1S/C21H19O2Si/c1-17(20-15-9-10-16-21(20)22-2)23-24(18-11-5-3-6-12-18)19-13-7-4-8-14-19/h3-16H,1H2,2H3. The summed E-state index contributed by atoms with van der Waals surface area (Å²) in [4.78, 5) is 0. The van der Waals surface area contributed by atoms with Crippen LogP contribution in [0.25, 0.3) is 5.76 Å². The largest absolute Gasteiger partial charge is 0.532 e. The molecule has 0 amide bonds. The second-order valence-corrected chi connectivity index (χ2v) is 7.30. The lowest BCUT2D eigenvalue weighted by atomic mass is 10.2. The molecule has 0 aliphatic heterocycles. The van der Waals surface area contributed by atoms with Gasteiger partial charge in [0, 0.05) is 0 Å². The van der Waals surface area contributed by atoms with Crippen LogP contribution in [0.2, 0.25) is 0 Å². The normalized spacial score (nSPS) is 10.4. The first-order valence-electron chi connectivity index (χ1n) is 7.77. The third-order valence-electron chi connectivity index (χ3n) is 3.70. The van der Waals surface area contributed by atoms with Gasteiger partial charge in [-0.3, -0.25) is 0 Å².